The molecule has 0 bridgehead atoms. The lowest BCUT2D eigenvalue weighted by Crippen LogP contribution is -2.42. The maximum absolute atomic E-state index is 5.53. The lowest BCUT2D eigenvalue weighted by molar-refractivity contribution is 0.113. The Labute approximate surface area is 143 Å². The average Bonchev–Trinajstić information content (AvgIpc) is 3.40. The van der Waals surface area contributed by atoms with Crippen LogP contribution in [0.3, 0.4) is 0 Å². The molecular formula is C17H36O5Si. The van der Waals surface area contributed by atoms with Crippen LogP contribution in [0.15, 0.2) is 0 Å². The number of ether oxygens (including phenoxy) is 2. The molecule has 0 saturated carbocycles. The molecule has 0 aromatic carbocycles. The Morgan fingerprint density at radius 2 is 1.26 bits per heavy atom. The molecule has 0 N–H and O–H groups in total. The van der Waals surface area contributed by atoms with Crippen LogP contribution in [0.1, 0.15) is 57.8 Å². The second kappa shape index (κ2) is 13.3. The molecule has 23 heavy (non-hydrogen) atoms. The molecule has 1 aliphatic rings. The van der Waals surface area contributed by atoms with E-state index in [1.165, 1.54) is 51.4 Å². The summed E-state index contributed by atoms with van der Waals surface area (Å²) in [6, 6.07) is 0.919. The number of rotatable bonds is 17. The van der Waals surface area contributed by atoms with Crippen molar-refractivity contribution in [3.63, 3.8) is 0 Å². The predicted octanol–water partition coefficient (Wildman–Crippen LogP) is 3.79. The van der Waals surface area contributed by atoms with Gasteiger partial charge in [0.1, 0.15) is 6.10 Å². The summed E-state index contributed by atoms with van der Waals surface area (Å²) in [6.45, 7) is 2.58. The summed E-state index contributed by atoms with van der Waals surface area (Å²) in [6.07, 6.45) is 11.9. The fourth-order valence-electron chi connectivity index (χ4n) is 2.72. The Balaban J connectivity index is 1.77. The van der Waals surface area contributed by atoms with Crippen LogP contribution in [0.2, 0.25) is 6.04 Å². The standard InChI is InChI=1S/C17H36O5Si/c1-18-23(19-2,20-3)14-12-10-8-6-4-5-7-9-11-13-21-15-17-16-22-17/h17H,4-16H2,1-3H3. The molecule has 138 valence electrons. The molecule has 0 aliphatic carbocycles. The molecule has 6 heteroatoms. The van der Waals surface area contributed by atoms with Crippen LogP contribution in [-0.4, -0.2) is 56.1 Å². The molecular weight excluding hydrogens is 312 g/mol. The molecule has 1 aliphatic heterocycles. The summed E-state index contributed by atoms with van der Waals surface area (Å²) in [5.41, 5.74) is 0. The van der Waals surface area contributed by atoms with Crippen molar-refractivity contribution in [3.05, 3.63) is 0 Å². The Bertz CT molecular complexity index is 261. The van der Waals surface area contributed by atoms with Gasteiger partial charge in [0.15, 0.2) is 0 Å². The van der Waals surface area contributed by atoms with E-state index >= 15 is 0 Å². The number of epoxide rings is 1. The van der Waals surface area contributed by atoms with E-state index in [1.807, 2.05) is 0 Å². The van der Waals surface area contributed by atoms with Gasteiger partial charge in [0, 0.05) is 34.0 Å². The van der Waals surface area contributed by atoms with Crippen molar-refractivity contribution < 1.29 is 22.8 Å². The van der Waals surface area contributed by atoms with Crippen molar-refractivity contribution in [2.45, 2.75) is 69.9 Å². The summed E-state index contributed by atoms with van der Waals surface area (Å²) in [5, 5.41) is 0. The van der Waals surface area contributed by atoms with Crippen LogP contribution in [0.25, 0.3) is 0 Å². The second-order valence-electron chi connectivity index (χ2n) is 6.26. The highest BCUT2D eigenvalue weighted by Crippen LogP contribution is 2.18. The molecule has 1 unspecified atom stereocenters. The van der Waals surface area contributed by atoms with E-state index in [2.05, 4.69) is 0 Å². The summed E-state index contributed by atoms with van der Waals surface area (Å²) >= 11 is 0. The Morgan fingerprint density at radius 3 is 1.74 bits per heavy atom. The predicted molar refractivity (Wildman–Crippen MR) is 93.7 cm³/mol. The monoisotopic (exact) mass is 348 g/mol. The molecule has 0 amide bonds. The fraction of sp³-hybridized carbons (Fsp3) is 1.00. The molecule has 0 spiro atoms. The molecule has 1 rings (SSSR count). The zero-order chi connectivity index (χ0) is 16.8. The largest absolute Gasteiger partial charge is 0.500 e. The van der Waals surface area contributed by atoms with Gasteiger partial charge < -0.3 is 22.8 Å². The Morgan fingerprint density at radius 1 is 0.783 bits per heavy atom. The third-order valence-electron chi connectivity index (χ3n) is 4.41. The number of hydrogen-bond acceptors (Lipinski definition) is 5. The van der Waals surface area contributed by atoms with Crippen LogP contribution < -0.4 is 0 Å². The van der Waals surface area contributed by atoms with E-state index in [0.29, 0.717) is 6.10 Å². The molecule has 1 atom stereocenters. The first kappa shape index (κ1) is 21.1. The van der Waals surface area contributed by atoms with Gasteiger partial charge in [0.2, 0.25) is 0 Å². The smallest absolute Gasteiger partial charge is 0.379 e. The highest BCUT2D eigenvalue weighted by atomic mass is 28.4. The van der Waals surface area contributed by atoms with E-state index in [1.54, 1.807) is 21.3 Å². The van der Waals surface area contributed by atoms with Crippen molar-refractivity contribution in [2.75, 3.05) is 41.2 Å². The van der Waals surface area contributed by atoms with Gasteiger partial charge in [0.05, 0.1) is 13.2 Å². The summed E-state index contributed by atoms with van der Waals surface area (Å²) in [7, 11) is 2.72. The zero-order valence-electron chi connectivity index (χ0n) is 15.3. The van der Waals surface area contributed by atoms with Crippen LogP contribution in [0, 0.1) is 0 Å². The van der Waals surface area contributed by atoms with Gasteiger partial charge in [-0.1, -0.05) is 44.9 Å². The van der Waals surface area contributed by atoms with E-state index in [0.717, 1.165) is 32.3 Å². The highest BCUT2D eigenvalue weighted by Gasteiger charge is 2.36. The molecule has 1 saturated heterocycles. The first-order chi connectivity index (χ1) is 11.3. The zero-order valence-corrected chi connectivity index (χ0v) is 16.3. The molecule has 1 heterocycles. The van der Waals surface area contributed by atoms with E-state index in [-0.39, 0.29) is 0 Å². The van der Waals surface area contributed by atoms with Gasteiger partial charge in [0.25, 0.3) is 0 Å². The van der Waals surface area contributed by atoms with Gasteiger partial charge in [-0.15, -0.1) is 0 Å². The fourth-order valence-corrected chi connectivity index (χ4v) is 4.51. The quantitative estimate of drug-likeness (QED) is 0.227. The van der Waals surface area contributed by atoms with Crippen LogP contribution in [0.4, 0.5) is 0 Å². The first-order valence-electron chi connectivity index (χ1n) is 9.11. The average molecular weight is 349 g/mol. The van der Waals surface area contributed by atoms with Crippen LogP contribution in [-0.2, 0) is 22.8 Å². The van der Waals surface area contributed by atoms with Crippen molar-refractivity contribution in [1.82, 2.24) is 0 Å². The minimum absolute atomic E-state index is 0.402. The van der Waals surface area contributed by atoms with Gasteiger partial charge >= 0.3 is 8.80 Å². The summed E-state index contributed by atoms with van der Waals surface area (Å²) < 4.78 is 26.9. The lowest BCUT2D eigenvalue weighted by atomic mass is 10.1. The molecule has 0 radical (unpaired) electrons. The SMILES string of the molecule is CO[Si](CCCCCCCCCCCOCC1CO1)(OC)OC. The minimum Gasteiger partial charge on any atom is -0.379 e. The van der Waals surface area contributed by atoms with Crippen LogP contribution >= 0.6 is 0 Å². The van der Waals surface area contributed by atoms with Crippen molar-refractivity contribution in [3.8, 4) is 0 Å². The van der Waals surface area contributed by atoms with E-state index < -0.39 is 8.80 Å². The lowest BCUT2D eigenvalue weighted by Gasteiger charge is -2.24. The third kappa shape index (κ3) is 10.5. The summed E-state index contributed by atoms with van der Waals surface area (Å²) in [5.74, 6) is 0. The topological polar surface area (TPSA) is 49.5 Å². The van der Waals surface area contributed by atoms with Gasteiger partial charge in [-0.3, -0.25) is 0 Å². The normalized spacial score (nSPS) is 17.6. The van der Waals surface area contributed by atoms with Gasteiger partial charge in [-0.05, 0) is 12.8 Å². The molecule has 0 aromatic heterocycles. The van der Waals surface area contributed by atoms with Gasteiger partial charge in [-0.25, -0.2) is 0 Å². The summed E-state index contributed by atoms with van der Waals surface area (Å²) in [4.78, 5) is 0. The third-order valence-corrected chi connectivity index (χ3v) is 7.24. The number of unbranched alkanes of at least 4 members (excludes halogenated alkanes) is 8. The Kier molecular flexibility index (Phi) is 12.2. The Hall–Kier alpha value is 0.0169. The minimum atomic E-state index is -2.34. The molecule has 1 fully saturated rings. The van der Waals surface area contributed by atoms with Crippen molar-refractivity contribution in [1.29, 1.82) is 0 Å². The maximum atomic E-state index is 5.53. The molecule has 0 aromatic rings. The number of hydrogen-bond donors (Lipinski definition) is 0. The van der Waals surface area contributed by atoms with E-state index in [9.17, 15) is 0 Å². The van der Waals surface area contributed by atoms with Crippen molar-refractivity contribution >= 4 is 8.80 Å². The highest BCUT2D eigenvalue weighted by molar-refractivity contribution is 6.60. The molecule has 5 nitrogen and oxygen atoms in total. The van der Waals surface area contributed by atoms with Crippen LogP contribution in [0.5, 0.6) is 0 Å². The van der Waals surface area contributed by atoms with Gasteiger partial charge in [-0.2, -0.15) is 0 Å². The van der Waals surface area contributed by atoms with Crippen molar-refractivity contribution in [2.24, 2.45) is 0 Å². The second-order valence-corrected chi connectivity index (χ2v) is 9.35. The first-order valence-corrected chi connectivity index (χ1v) is 11.0. The maximum Gasteiger partial charge on any atom is 0.500 e. The van der Waals surface area contributed by atoms with E-state index in [4.69, 9.17) is 22.8 Å².